The largest absolute Gasteiger partial charge is 0.255 e. The first-order valence-electron chi connectivity index (χ1n) is 19.5. The summed E-state index contributed by atoms with van der Waals surface area (Å²) in [6, 6.07) is 28.5. The summed E-state index contributed by atoms with van der Waals surface area (Å²) in [4.78, 5) is 5.41. The second kappa shape index (κ2) is 15.1. The van der Waals surface area contributed by atoms with Crippen molar-refractivity contribution in [3.05, 3.63) is 146 Å². The van der Waals surface area contributed by atoms with E-state index in [1.54, 1.807) is 5.47 Å². The quantitative estimate of drug-likeness (QED) is 0.136. The molecule has 2 atom stereocenters. The fraction of sp³-hybridized carbons (Fsp3) is 0.306. The monoisotopic (exact) mass is 760 g/mol. The standard InChI is InChI=1S/C49H54B2S3/c1-27-20-31(5)46(32(6)21-27)50(47-33(7)22-28(2)23-34(47)8)44-18-16-42(53-44)40-14-15-41(52-40)43-17-19-45(54-43)51(48-35(9)24-29(3)25-36(48)10)49-37(11)26-30(4)38(12)39(49)13/h14-26,38-39H,1-13H3/t38-,39?/m0/s1. The van der Waals surface area contributed by atoms with E-state index in [1.165, 1.54) is 107 Å². The predicted molar refractivity (Wildman–Crippen MR) is 247 cm³/mol. The molecule has 3 aromatic heterocycles. The molecule has 0 saturated heterocycles. The summed E-state index contributed by atoms with van der Waals surface area (Å²) >= 11 is 5.90. The molecule has 6 aromatic rings. The van der Waals surface area contributed by atoms with E-state index in [0.29, 0.717) is 11.8 Å². The summed E-state index contributed by atoms with van der Waals surface area (Å²) in [5, 5.41) is 0. The van der Waals surface area contributed by atoms with Gasteiger partial charge in [0, 0.05) is 19.5 Å². The van der Waals surface area contributed by atoms with Gasteiger partial charge < -0.3 is 0 Å². The Morgan fingerprint density at radius 2 is 0.741 bits per heavy atom. The van der Waals surface area contributed by atoms with Crippen LogP contribution in [0, 0.1) is 74.1 Å². The Morgan fingerprint density at radius 3 is 1.15 bits per heavy atom. The zero-order valence-corrected chi connectivity index (χ0v) is 37.0. The number of hydrogen-bond acceptors (Lipinski definition) is 3. The van der Waals surface area contributed by atoms with Crippen LogP contribution >= 0.6 is 34.0 Å². The molecule has 0 nitrogen and oxygen atoms in total. The summed E-state index contributed by atoms with van der Waals surface area (Å²) < 4.78 is 2.86. The third-order valence-corrected chi connectivity index (χ3v) is 15.9. The average molecular weight is 761 g/mol. The Kier molecular flexibility index (Phi) is 10.8. The lowest BCUT2D eigenvalue weighted by atomic mass is 9.34. The molecule has 3 heterocycles. The highest BCUT2D eigenvalue weighted by atomic mass is 32.1. The Hall–Kier alpha value is -3.63. The van der Waals surface area contributed by atoms with Gasteiger partial charge in [0.15, 0.2) is 0 Å². The van der Waals surface area contributed by atoms with E-state index < -0.39 is 0 Å². The van der Waals surface area contributed by atoms with Crippen LogP contribution in [0.25, 0.3) is 19.5 Å². The smallest absolute Gasteiger partial charge is 0.148 e. The van der Waals surface area contributed by atoms with Gasteiger partial charge in [-0.25, -0.2) is 0 Å². The predicted octanol–water partition coefficient (Wildman–Crippen LogP) is 11.2. The van der Waals surface area contributed by atoms with Gasteiger partial charge in [0.05, 0.1) is 0 Å². The third-order valence-electron chi connectivity index (χ3n) is 12.2. The topological polar surface area (TPSA) is 0 Å². The minimum Gasteiger partial charge on any atom is -0.148 e. The van der Waals surface area contributed by atoms with E-state index in [1.807, 2.05) is 34.0 Å². The lowest BCUT2D eigenvalue weighted by Crippen LogP contribution is -2.54. The van der Waals surface area contributed by atoms with Crippen molar-refractivity contribution in [3.8, 4) is 19.5 Å². The van der Waals surface area contributed by atoms with Crippen molar-refractivity contribution in [2.24, 2.45) is 11.8 Å². The van der Waals surface area contributed by atoms with E-state index in [-0.39, 0.29) is 13.4 Å². The van der Waals surface area contributed by atoms with Gasteiger partial charge in [0.25, 0.3) is 13.4 Å². The molecule has 1 unspecified atom stereocenters. The summed E-state index contributed by atoms with van der Waals surface area (Å²) in [5.41, 5.74) is 21.2. The van der Waals surface area contributed by atoms with Crippen LogP contribution in [0.1, 0.15) is 77.8 Å². The van der Waals surface area contributed by atoms with Crippen molar-refractivity contribution in [2.75, 3.05) is 0 Å². The molecule has 3 aromatic carbocycles. The number of benzene rings is 3. The highest BCUT2D eigenvalue weighted by molar-refractivity contribution is 7.33. The van der Waals surface area contributed by atoms with Gasteiger partial charge in [-0.1, -0.05) is 152 Å². The van der Waals surface area contributed by atoms with E-state index in [9.17, 15) is 0 Å². The van der Waals surface area contributed by atoms with Crippen LogP contribution in [-0.2, 0) is 0 Å². The highest BCUT2D eigenvalue weighted by Crippen LogP contribution is 2.40. The molecule has 0 spiro atoms. The fourth-order valence-electron chi connectivity index (χ4n) is 9.77. The van der Waals surface area contributed by atoms with Crippen LogP contribution in [0.2, 0.25) is 0 Å². The van der Waals surface area contributed by atoms with Gasteiger partial charge in [-0.15, -0.1) is 34.0 Å². The molecule has 1 aliphatic rings. The molecule has 0 radical (unpaired) electrons. The van der Waals surface area contributed by atoms with E-state index in [0.717, 1.165) is 0 Å². The van der Waals surface area contributed by atoms with Crippen molar-refractivity contribution in [1.82, 2.24) is 0 Å². The molecule has 0 bridgehead atoms. The van der Waals surface area contributed by atoms with Gasteiger partial charge >= 0.3 is 0 Å². The Labute approximate surface area is 338 Å². The van der Waals surface area contributed by atoms with Gasteiger partial charge in [-0.3, -0.25) is 0 Å². The first kappa shape index (κ1) is 38.6. The number of allylic oxidation sites excluding steroid dienone is 4. The molecular weight excluding hydrogens is 706 g/mol. The van der Waals surface area contributed by atoms with Crippen LogP contribution in [-0.4, -0.2) is 13.4 Å². The minimum absolute atomic E-state index is 0.205. The summed E-state index contributed by atoms with van der Waals surface area (Å²) in [6.07, 6.45) is 2.45. The Bertz CT molecular complexity index is 2330. The van der Waals surface area contributed by atoms with Crippen molar-refractivity contribution < 1.29 is 0 Å². The van der Waals surface area contributed by atoms with Crippen LogP contribution < -0.4 is 25.9 Å². The molecule has 0 amide bonds. The Morgan fingerprint density at radius 1 is 0.407 bits per heavy atom. The lowest BCUT2D eigenvalue weighted by molar-refractivity contribution is 0.508. The van der Waals surface area contributed by atoms with Crippen molar-refractivity contribution >= 4 is 73.4 Å². The molecule has 274 valence electrons. The molecule has 5 heteroatoms. The summed E-state index contributed by atoms with van der Waals surface area (Å²) in [5.74, 6) is 1.01. The molecule has 1 aliphatic carbocycles. The minimum atomic E-state index is 0.205. The third kappa shape index (κ3) is 7.13. The maximum atomic E-state index is 2.45. The van der Waals surface area contributed by atoms with Crippen molar-refractivity contribution in [2.45, 2.75) is 90.0 Å². The van der Waals surface area contributed by atoms with Crippen LogP contribution in [0.4, 0.5) is 0 Å². The Balaban J connectivity index is 1.28. The lowest BCUT2D eigenvalue weighted by Gasteiger charge is -2.34. The molecule has 7 rings (SSSR count). The fourth-order valence-corrected chi connectivity index (χ4v) is 13.2. The highest BCUT2D eigenvalue weighted by Gasteiger charge is 2.36. The SMILES string of the molecule is CC1=CC(C)=C(B(c2ccc(-c3ccc(-c4ccc(B(c5c(C)cc(C)cc5C)c5c(C)cc(C)cc5C)s4)s3)s2)c2c(C)cc(C)cc2C)C(C)[C@H]1C. The van der Waals surface area contributed by atoms with E-state index >= 15 is 0 Å². The van der Waals surface area contributed by atoms with Gasteiger partial charge in [-0.05, 0) is 122 Å². The zero-order valence-electron chi connectivity index (χ0n) is 34.5. The number of hydrogen-bond donors (Lipinski definition) is 0. The summed E-state index contributed by atoms with van der Waals surface area (Å²) in [6.45, 7) is 30.5. The molecule has 0 fully saturated rings. The number of aryl methyl sites for hydroxylation is 9. The molecular formula is C49H54B2S3. The summed E-state index contributed by atoms with van der Waals surface area (Å²) in [7, 11) is 0. The van der Waals surface area contributed by atoms with Gasteiger partial charge in [-0.2, -0.15) is 0 Å². The van der Waals surface area contributed by atoms with Crippen molar-refractivity contribution in [3.63, 3.8) is 0 Å². The van der Waals surface area contributed by atoms with E-state index in [4.69, 9.17) is 0 Å². The van der Waals surface area contributed by atoms with Crippen LogP contribution in [0.15, 0.2) is 95.5 Å². The second-order valence-electron chi connectivity index (χ2n) is 16.5. The molecule has 0 saturated carbocycles. The zero-order chi connectivity index (χ0) is 38.7. The molecule has 54 heavy (non-hydrogen) atoms. The first-order valence-corrected chi connectivity index (χ1v) is 22.0. The van der Waals surface area contributed by atoms with Crippen LogP contribution in [0.3, 0.4) is 0 Å². The maximum Gasteiger partial charge on any atom is 0.255 e. The van der Waals surface area contributed by atoms with E-state index in [2.05, 4.69) is 169 Å². The van der Waals surface area contributed by atoms with Gasteiger partial charge in [0.1, 0.15) is 0 Å². The average Bonchev–Trinajstić information content (AvgIpc) is 3.86. The second-order valence-corrected chi connectivity index (χ2v) is 19.8. The first-order chi connectivity index (χ1) is 25.6. The van der Waals surface area contributed by atoms with Crippen molar-refractivity contribution in [1.29, 1.82) is 0 Å². The van der Waals surface area contributed by atoms with Gasteiger partial charge in [0.2, 0.25) is 0 Å². The normalized spacial score (nSPS) is 15.9. The number of rotatable bonds is 8. The van der Waals surface area contributed by atoms with Crippen LogP contribution in [0.5, 0.6) is 0 Å². The molecule has 0 N–H and O–H groups in total. The molecule has 0 aliphatic heterocycles. The maximum absolute atomic E-state index is 2.45. The number of thiophene rings is 3.